The van der Waals surface area contributed by atoms with Crippen LogP contribution in [0.1, 0.15) is 36.9 Å². The lowest BCUT2D eigenvalue weighted by Gasteiger charge is -2.23. The Balaban J connectivity index is 1.73. The molecule has 0 aromatic heterocycles. The molecule has 2 aromatic carbocycles. The van der Waals surface area contributed by atoms with Crippen molar-refractivity contribution in [1.29, 1.82) is 0 Å². The summed E-state index contributed by atoms with van der Waals surface area (Å²) in [6.45, 7) is 3.32. The van der Waals surface area contributed by atoms with Gasteiger partial charge in [-0.05, 0) is 49.1 Å². The number of hydrogen-bond acceptors (Lipinski definition) is 3. The number of amides is 1. The molecule has 0 unspecified atom stereocenters. The molecular weight excluding hydrogens is 326 g/mol. The summed E-state index contributed by atoms with van der Waals surface area (Å²) in [7, 11) is 1.62. The van der Waals surface area contributed by atoms with Crippen molar-refractivity contribution in [1.82, 2.24) is 4.90 Å². The Hall–Kier alpha value is -2.75. The maximum absolute atomic E-state index is 12.7. The highest BCUT2D eigenvalue weighted by molar-refractivity contribution is 5.92. The van der Waals surface area contributed by atoms with Crippen LogP contribution >= 0.6 is 0 Å². The second kappa shape index (κ2) is 8.56. The maximum Gasteiger partial charge on any atom is 0.247 e. The Bertz CT molecular complexity index is 770. The zero-order valence-corrected chi connectivity index (χ0v) is 15.4. The first-order chi connectivity index (χ1) is 12.7. The summed E-state index contributed by atoms with van der Waals surface area (Å²) in [5.41, 5.74) is 2.11. The topological polar surface area (TPSA) is 38.8 Å². The van der Waals surface area contributed by atoms with Crippen LogP contribution in [-0.2, 0) is 4.79 Å². The van der Waals surface area contributed by atoms with Gasteiger partial charge in [-0.1, -0.05) is 36.4 Å². The van der Waals surface area contributed by atoms with Crippen molar-refractivity contribution >= 4 is 12.0 Å². The van der Waals surface area contributed by atoms with Crippen molar-refractivity contribution < 1.29 is 14.3 Å². The van der Waals surface area contributed by atoms with Crippen molar-refractivity contribution in [3.63, 3.8) is 0 Å². The van der Waals surface area contributed by atoms with Crippen molar-refractivity contribution in [3.05, 3.63) is 65.7 Å². The van der Waals surface area contributed by atoms with E-state index in [0.29, 0.717) is 18.1 Å². The molecule has 0 radical (unpaired) electrons. The van der Waals surface area contributed by atoms with Crippen molar-refractivity contribution in [3.8, 4) is 11.5 Å². The molecule has 1 amide bonds. The Morgan fingerprint density at radius 1 is 1.19 bits per heavy atom. The Labute approximate surface area is 155 Å². The van der Waals surface area contributed by atoms with Crippen molar-refractivity contribution in [2.75, 3.05) is 20.3 Å². The largest absolute Gasteiger partial charge is 0.493 e. The molecule has 1 aliphatic heterocycles. The van der Waals surface area contributed by atoms with Gasteiger partial charge in [0.15, 0.2) is 11.5 Å². The summed E-state index contributed by atoms with van der Waals surface area (Å²) < 4.78 is 10.9. The molecule has 136 valence electrons. The Morgan fingerprint density at radius 2 is 2.00 bits per heavy atom. The fourth-order valence-corrected chi connectivity index (χ4v) is 3.38. The van der Waals surface area contributed by atoms with Crippen LogP contribution in [0.15, 0.2) is 54.6 Å². The minimum Gasteiger partial charge on any atom is -0.493 e. The Morgan fingerprint density at radius 3 is 2.73 bits per heavy atom. The van der Waals surface area contributed by atoms with E-state index in [2.05, 4.69) is 12.1 Å². The lowest BCUT2D eigenvalue weighted by Crippen LogP contribution is -2.28. The van der Waals surface area contributed by atoms with Crippen LogP contribution in [0.4, 0.5) is 0 Å². The van der Waals surface area contributed by atoms with Crippen LogP contribution in [0, 0.1) is 0 Å². The smallest absolute Gasteiger partial charge is 0.247 e. The second-order valence-corrected chi connectivity index (χ2v) is 6.28. The van der Waals surface area contributed by atoms with E-state index in [0.717, 1.165) is 24.9 Å². The normalized spacial score (nSPS) is 16.8. The minimum absolute atomic E-state index is 0.0456. The highest BCUT2D eigenvalue weighted by Crippen LogP contribution is 2.32. The lowest BCUT2D eigenvalue weighted by molar-refractivity contribution is -0.126. The van der Waals surface area contributed by atoms with Crippen LogP contribution in [0.5, 0.6) is 11.5 Å². The fourth-order valence-electron chi connectivity index (χ4n) is 3.38. The van der Waals surface area contributed by atoms with Crippen LogP contribution < -0.4 is 9.47 Å². The van der Waals surface area contributed by atoms with E-state index in [4.69, 9.17) is 9.47 Å². The quantitative estimate of drug-likeness (QED) is 0.721. The summed E-state index contributed by atoms with van der Waals surface area (Å²) in [6, 6.07) is 16.1. The van der Waals surface area contributed by atoms with Gasteiger partial charge >= 0.3 is 0 Å². The predicted molar refractivity (Wildman–Crippen MR) is 103 cm³/mol. The zero-order valence-electron chi connectivity index (χ0n) is 15.4. The van der Waals surface area contributed by atoms with E-state index in [1.54, 1.807) is 13.2 Å². The molecule has 3 rings (SSSR count). The minimum atomic E-state index is 0.0456. The van der Waals surface area contributed by atoms with Crippen LogP contribution in [0.3, 0.4) is 0 Å². The average molecular weight is 351 g/mol. The van der Waals surface area contributed by atoms with E-state index in [1.807, 2.05) is 54.3 Å². The summed E-state index contributed by atoms with van der Waals surface area (Å²) in [4.78, 5) is 14.7. The Kier molecular flexibility index (Phi) is 5.95. The first kappa shape index (κ1) is 18.1. The molecule has 0 N–H and O–H groups in total. The van der Waals surface area contributed by atoms with Gasteiger partial charge in [0, 0.05) is 12.6 Å². The molecule has 4 heteroatoms. The second-order valence-electron chi connectivity index (χ2n) is 6.28. The lowest BCUT2D eigenvalue weighted by atomic mass is 10.0. The maximum atomic E-state index is 12.7. The molecule has 4 nitrogen and oxygen atoms in total. The number of rotatable bonds is 6. The average Bonchev–Trinajstić information content (AvgIpc) is 3.18. The fraction of sp³-hybridized carbons (Fsp3) is 0.318. The first-order valence-corrected chi connectivity index (χ1v) is 9.07. The molecule has 26 heavy (non-hydrogen) atoms. The number of nitrogens with zero attached hydrogens (tertiary/aromatic N) is 1. The summed E-state index contributed by atoms with van der Waals surface area (Å²) in [5.74, 6) is 1.43. The third-order valence-electron chi connectivity index (χ3n) is 4.63. The monoisotopic (exact) mass is 351 g/mol. The van der Waals surface area contributed by atoms with Gasteiger partial charge in [0.1, 0.15) is 0 Å². The number of carbonyl (C=O) groups excluding carboxylic acids is 1. The number of likely N-dealkylation sites (tertiary alicyclic amines) is 1. The van der Waals surface area contributed by atoms with E-state index in [1.165, 1.54) is 5.56 Å². The standard InChI is InChI=1S/C22H25NO3/c1-3-26-20-13-11-17(16-21(20)25-2)12-14-22(24)23-15-7-10-19(23)18-8-5-4-6-9-18/h4-6,8-9,11-14,16,19H,3,7,10,15H2,1-2H3/b14-12+/t19-/m0/s1. The van der Waals surface area contributed by atoms with Gasteiger partial charge in [-0.2, -0.15) is 0 Å². The van der Waals surface area contributed by atoms with Crippen molar-refractivity contribution in [2.45, 2.75) is 25.8 Å². The van der Waals surface area contributed by atoms with E-state index in [9.17, 15) is 4.79 Å². The van der Waals surface area contributed by atoms with Gasteiger partial charge < -0.3 is 14.4 Å². The summed E-state index contributed by atoms with van der Waals surface area (Å²) in [6.07, 6.45) is 5.54. The van der Waals surface area contributed by atoms with Gasteiger partial charge in [-0.15, -0.1) is 0 Å². The molecule has 1 aliphatic rings. The van der Waals surface area contributed by atoms with Gasteiger partial charge in [-0.3, -0.25) is 4.79 Å². The highest BCUT2D eigenvalue weighted by atomic mass is 16.5. The van der Waals surface area contributed by atoms with E-state index in [-0.39, 0.29) is 11.9 Å². The van der Waals surface area contributed by atoms with Gasteiger partial charge in [-0.25, -0.2) is 0 Å². The van der Waals surface area contributed by atoms with E-state index < -0.39 is 0 Å². The predicted octanol–water partition coefficient (Wildman–Crippen LogP) is 4.47. The molecule has 0 saturated carbocycles. The first-order valence-electron chi connectivity index (χ1n) is 9.07. The number of methoxy groups -OCH3 is 1. The molecule has 1 fully saturated rings. The molecule has 0 bridgehead atoms. The van der Waals surface area contributed by atoms with Gasteiger partial charge in [0.2, 0.25) is 5.91 Å². The molecule has 1 heterocycles. The number of carbonyl (C=O) groups is 1. The van der Waals surface area contributed by atoms with Crippen molar-refractivity contribution in [2.24, 2.45) is 0 Å². The SMILES string of the molecule is CCOc1ccc(/C=C/C(=O)N2CCC[C@H]2c2ccccc2)cc1OC. The van der Waals surface area contributed by atoms with E-state index >= 15 is 0 Å². The number of benzene rings is 2. The number of hydrogen-bond donors (Lipinski definition) is 0. The molecular formula is C22H25NO3. The van der Waals surface area contributed by atoms with Gasteiger partial charge in [0.25, 0.3) is 0 Å². The zero-order chi connectivity index (χ0) is 18.4. The third kappa shape index (κ3) is 4.07. The number of ether oxygens (including phenoxy) is 2. The summed E-state index contributed by atoms with van der Waals surface area (Å²) in [5, 5.41) is 0. The molecule has 0 spiro atoms. The van der Waals surface area contributed by atoms with Crippen LogP contribution in [0.2, 0.25) is 0 Å². The highest BCUT2D eigenvalue weighted by Gasteiger charge is 2.28. The molecule has 0 aliphatic carbocycles. The van der Waals surface area contributed by atoms with Gasteiger partial charge in [0.05, 0.1) is 19.8 Å². The third-order valence-corrected chi connectivity index (χ3v) is 4.63. The molecule has 2 aromatic rings. The molecule has 1 saturated heterocycles. The summed E-state index contributed by atoms with van der Waals surface area (Å²) >= 11 is 0. The van der Waals surface area contributed by atoms with Crippen LogP contribution in [-0.4, -0.2) is 31.1 Å². The molecule has 1 atom stereocenters. The van der Waals surface area contributed by atoms with Crippen LogP contribution in [0.25, 0.3) is 6.08 Å².